The third kappa shape index (κ3) is 1.22. The fraction of sp³-hybridized carbons (Fsp3) is 0.333. The fourth-order valence-corrected chi connectivity index (χ4v) is 0.861. The van der Waals surface area contributed by atoms with E-state index in [0.717, 1.165) is 10.6 Å². The van der Waals surface area contributed by atoms with Crippen LogP contribution in [0.4, 0.5) is 0 Å². The molecule has 0 aliphatic carbocycles. The van der Waals surface area contributed by atoms with Crippen LogP contribution in [0.5, 0.6) is 17.5 Å². The van der Waals surface area contributed by atoms with Crippen molar-refractivity contribution >= 4 is 0 Å². The largest absolute Gasteiger partial charge is 0.503 e. The Labute approximate surface area is 63.3 Å². The first-order valence-electron chi connectivity index (χ1n) is 3.17. The van der Waals surface area contributed by atoms with Gasteiger partial charge in [-0.1, -0.05) is 0 Å². The van der Waals surface area contributed by atoms with E-state index >= 15 is 0 Å². The monoisotopic (exact) mass is 158 g/mol. The molecule has 62 valence electrons. The summed E-state index contributed by atoms with van der Waals surface area (Å²) >= 11 is 0. The van der Waals surface area contributed by atoms with E-state index in [1.54, 1.807) is 0 Å². The van der Waals surface area contributed by atoms with Crippen LogP contribution >= 0.6 is 0 Å². The molecular weight excluding hydrogens is 148 g/mol. The van der Waals surface area contributed by atoms with Gasteiger partial charge in [-0.15, -0.1) is 0 Å². The van der Waals surface area contributed by atoms with Gasteiger partial charge >= 0.3 is 0 Å². The average Bonchev–Trinajstić information content (AvgIpc) is 2.17. The van der Waals surface area contributed by atoms with Gasteiger partial charge in [0.2, 0.25) is 5.88 Å². The molecule has 0 bridgehead atoms. The van der Waals surface area contributed by atoms with Crippen molar-refractivity contribution in [3.8, 4) is 17.5 Å². The summed E-state index contributed by atoms with van der Waals surface area (Å²) in [5.74, 6) is -0.880. The normalized spacial score (nSPS) is 10.3. The van der Waals surface area contributed by atoms with E-state index in [-0.39, 0.29) is 30.6 Å². The Morgan fingerprint density at radius 3 is 2.36 bits per heavy atom. The molecule has 1 heterocycles. The smallest absolute Gasteiger partial charge is 0.237 e. The van der Waals surface area contributed by atoms with Gasteiger partial charge in [-0.05, 0) is 0 Å². The van der Waals surface area contributed by atoms with Gasteiger partial charge in [0.1, 0.15) is 0 Å². The molecule has 0 aliphatic rings. The van der Waals surface area contributed by atoms with Crippen molar-refractivity contribution in [2.24, 2.45) is 5.73 Å². The first-order valence-corrected chi connectivity index (χ1v) is 3.17. The summed E-state index contributed by atoms with van der Waals surface area (Å²) < 4.78 is 1.12. The summed E-state index contributed by atoms with van der Waals surface area (Å²) in [4.78, 5) is 0. The van der Waals surface area contributed by atoms with Gasteiger partial charge in [-0.25, -0.2) is 0 Å². The standard InChI is InChI=1S/C6H10N2O3/c7-1-2-8-5(10)3-4(9)6(8)11/h3,9-11H,1-2,7H2. The molecule has 5 N–H and O–H groups in total. The Kier molecular flexibility index (Phi) is 1.91. The molecular formula is C6H10N2O3. The molecule has 1 rings (SSSR count). The zero-order chi connectivity index (χ0) is 8.43. The fourth-order valence-electron chi connectivity index (χ4n) is 0.861. The molecule has 0 saturated carbocycles. The van der Waals surface area contributed by atoms with Gasteiger partial charge < -0.3 is 21.1 Å². The summed E-state index contributed by atoms with van der Waals surface area (Å²) in [5, 5.41) is 27.0. The van der Waals surface area contributed by atoms with Crippen LogP contribution in [-0.2, 0) is 6.54 Å². The Morgan fingerprint density at radius 1 is 1.36 bits per heavy atom. The van der Waals surface area contributed by atoms with Gasteiger partial charge in [0, 0.05) is 19.2 Å². The van der Waals surface area contributed by atoms with Crippen molar-refractivity contribution in [2.45, 2.75) is 6.54 Å². The third-order valence-corrected chi connectivity index (χ3v) is 1.38. The molecule has 5 heteroatoms. The van der Waals surface area contributed by atoms with Crippen LogP contribution in [0.2, 0.25) is 0 Å². The van der Waals surface area contributed by atoms with E-state index in [1.165, 1.54) is 0 Å². The number of hydrogen-bond acceptors (Lipinski definition) is 4. The van der Waals surface area contributed by atoms with E-state index in [0.29, 0.717) is 0 Å². The van der Waals surface area contributed by atoms with Crippen molar-refractivity contribution < 1.29 is 15.3 Å². The van der Waals surface area contributed by atoms with E-state index in [1.807, 2.05) is 0 Å². The van der Waals surface area contributed by atoms with Gasteiger partial charge in [-0.2, -0.15) is 0 Å². The first-order chi connectivity index (χ1) is 5.16. The number of aromatic nitrogens is 1. The summed E-state index contributed by atoms with van der Waals surface area (Å²) in [6.45, 7) is 0.563. The predicted molar refractivity (Wildman–Crippen MR) is 38.5 cm³/mol. The molecule has 11 heavy (non-hydrogen) atoms. The highest BCUT2D eigenvalue weighted by Crippen LogP contribution is 2.32. The molecule has 0 aromatic carbocycles. The van der Waals surface area contributed by atoms with E-state index in [2.05, 4.69) is 0 Å². The van der Waals surface area contributed by atoms with Crippen molar-refractivity contribution in [1.82, 2.24) is 4.57 Å². The predicted octanol–water partition coefficient (Wildman–Crippen LogP) is -0.436. The van der Waals surface area contributed by atoms with Crippen LogP contribution in [0.25, 0.3) is 0 Å². The lowest BCUT2D eigenvalue weighted by Crippen LogP contribution is -2.08. The Morgan fingerprint density at radius 2 is 2.00 bits per heavy atom. The quantitative estimate of drug-likeness (QED) is 0.469. The second kappa shape index (κ2) is 2.71. The van der Waals surface area contributed by atoms with Crippen molar-refractivity contribution in [2.75, 3.05) is 6.54 Å². The average molecular weight is 158 g/mol. The van der Waals surface area contributed by atoms with E-state index < -0.39 is 0 Å². The van der Waals surface area contributed by atoms with E-state index in [9.17, 15) is 0 Å². The lowest BCUT2D eigenvalue weighted by molar-refractivity contribution is 0.353. The molecule has 0 fully saturated rings. The van der Waals surface area contributed by atoms with Crippen LogP contribution in [0.15, 0.2) is 6.07 Å². The number of nitrogens with two attached hydrogens (primary N) is 1. The Hall–Kier alpha value is -1.36. The number of hydrogen-bond donors (Lipinski definition) is 4. The van der Waals surface area contributed by atoms with Gasteiger partial charge in [0.25, 0.3) is 0 Å². The third-order valence-electron chi connectivity index (χ3n) is 1.38. The van der Waals surface area contributed by atoms with Crippen LogP contribution < -0.4 is 5.73 Å². The highest BCUT2D eigenvalue weighted by molar-refractivity contribution is 5.39. The minimum absolute atomic E-state index is 0.189. The maximum Gasteiger partial charge on any atom is 0.237 e. The number of rotatable bonds is 2. The molecule has 5 nitrogen and oxygen atoms in total. The highest BCUT2D eigenvalue weighted by atomic mass is 16.3. The molecule has 0 unspecified atom stereocenters. The molecule has 0 amide bonds. The summed E-state index contributed by atoms with van der Waals surface area (Å²) in [7, 11) is 0. The molecule has 0 atom stereocenters. The van der Waals surface area contributed by atoms with Crippen molar-refractivity contribution in [3.05, 3.63) is 6.07 Å². The van der Waals surface area contributed by atoms with E-state index in [4.69, 9.17) is 21.1 Å². The van der Waals surface area contributed by atoms with Crippen LogP contribution in [-0.4, -0.2) is 26.4 Å². The lowest BCUT2D eigenvalue weighted by atomic mass is 10.6. The number of nitrogens with zero attached hydrogens (tertiary/aromatic N) is 1. The summed E-state index contributed by atoms with van der Waals surface area (Å²) in [6, 6.07) is 1.06. The van der Waals surface area contributed by atoms with Crippen molar-refractivity contribution in [1.29, 1.82) is 0 Å². The minimum atomic E-state index is -0.354. The lowest BCUT2D eigenvalue weighted by Gasteiger charge is -2.02. The van der Waals surface area contributed by atoms with Crippen LogP contribution in [0, 0.1) is 0 Å². The minimum Gasteiger partial charge on any atom is -0.503 e. The second-order valence-corrected chi connectivity index (χ2v) is 2.15. The summed E-state index contributed by atoms with van der Waals surface area (Å²) in [6.07, 6.45) is 0. The summed E-state index contributed by atoms with van der Waals surface area (Å²) in [5.41, 5.74) is 5.18. The van der Waals surface area contributed by atoms with Crippen LogP contribution in [0.3, 0.4) is 0 Å². The SMILES string of the molecule is NCCn1c(O)cc(O)c1O. The highest BCUT2D eigenvalue weighted by Gasteiger charge is 2.10. The Bertz CT molecular complexity index is 257. The maximum absolute atomic E-state index is 9.05. The number of aromatic hydroxyl groups is 3. The molecule has 0 aliphatic heterocycles. The zero-order valence-corrected chi connectivity index (χ0v) is 5.86. The second-order valence-electron chi connectivity index (χ2n) is 2.15. The molecule has 0 spiro atoms. The van der Waals surface area contributed by atoms with Crippen molar-refractivity contribution in [3.63, 3.8) is 0 Å². The van der Waals surface area contributed by atoms with Gasteiger partial charge in [0.05, 0.1) is 0 Å². The van der Waals surface area contributed by atoms with Crippen LogP contribution in [0.1, 0.15) is 0 Å². The molecule has 0 radical (unpaired) electrons. The molecule has 0 saturated heterocycles. The van der Waals surface area contributed by atoms with Gasteiger partial charge in [0.15, 0.2) is 11.6 Å². The maximum atomic E-state index is 9.05. The zero-order valence-electron chi connectivity index (χ0n) is 5.86. The molecule has 1 aromatic heterocycles. The Balaban J connectivity index is 3.02. The first kappa shape index (κ1) is 7.74. The van der Waals surface area contributed by atoms with Gasteiger partial charge in [-0.3, -0.25) is 4.57 Å². The molecule has 1 aromatic rings. The topological polar surface area (TPSA) is 91.6 Å².